The molecule has 0 aliphatic heterocycles. The van der Waals surface area contributed by atoms with Crippen molar-refractivity contribution < 1.29 is 4.79 Å². The summed E-state index contributed by atoms with van der Waals surface area (Å²) in [5, 5.41) is 5.79. The minimum Gasteiger partial charge on any atom is -0.365 e. The Morgan fingerprint density at radius 3 is 3.00 bits per heavy atom. The topological polar surface area (TPSA) is 56.9 Å². The van der Waals surface area contributed by atoms with Crippen LogP contribution in [0, 0.1) is 0 Å². The van der Waals surface area contributed by atoms with E-state index in [9.17, 15) is 4.79 Å². The number of carbonyl (C=O) groups excluding carboxylic acids is 1. The summed E-state index contributed by atoms with van der Waals surface area (Å²) >= 11 is 0. The van der Waals surface area contributed by atoms with Gasteiger partial charge in [-0.15, -0.1) is 0 Å². The van der Waals surface area contributed by atoms with Gasteiger partial charge in [-0.25, -0.2) is 0 Å². The Kier molecular flexibility index (Phi) is 4.78. The standard InChI is InChI=1S/C10H17N3O/c1-11-7-5-10(14)13-8-4-9-3-2-6-12-9/h2-3,6,11-12H,4-5,7-8H2,1H3,(H,13,14). The van der Waals surface area contributed by atoms with E-state index >= 15 is 0 Å². The van der Waals surface area contributed by atoms with Crippen molar-refractivity contribution in [3.8, 4) is 0 Å². The predicted molar refractivity (Wildman–Crippen MR) is 56.1 cm³/mol. The van der Waals surface area contributed by atoms with Gasteiger partial charge in [0, 0.05) is 37.8 Å². The summed E-state index contributed by atoms with van der Waals surface area (Å²) in [4.78, 5) is 14.3. The second-order valence-corrected chi connectivity index (χ2v) is 3.15. The zero-order valence-electron chi connectivity index (χ0n) is 8.47. The van der Waals surface area contributed by atoms with Gasteiger partial charge in [-0.05, 0) is 19.2 Å². The van der Waals surface area contributed by atoms with E-state index in [0.29, 0.717) is 13.0 Å². The largest absolute Gasteiger partial charge is 0.365 e. The highest BCUT2D eigenvalue weighted by Crippen LogP contribution is 1.93. The first-order chi connectivity index (χ1) is 6.83. The Morgan fingerprint density at radius 2 is 2.36 bits per heavy atom. The lowest BCUT2D eigenvalue weighted by atomic mass is 10.3. The van der Waals surface area contributed by atoms with Gasteiger partial charge < -0.3 is 15.6 Å². The van der Waals surface area contributed by atoms with Gasteiger partial charge in [-0.2, -0.15) is 0 Å². The molecule has 0 fully saturated rings. The molecule has 1 amide bonds. The van der Waals surface area contributed by atoms with Gasteiger partial charge in [0.25, 0.3) is 0 Å². The van der Waals surface area contributed by atoms with Gasteiger partial charge in [0.15, 0.2) is 0 Å². The Hall–Kier alpha value is -1.29. The number of carbonyl (C=O) groups is 1. The molecule has 0 saturated carbocycles. The van der Waals surface area contributed by atoms with Gasteiger partial charge in [-0.3, -0.25) is 4.79 Å². The van der Waals surface area contributed by atoms with E-state index in [1.54, 1.807) is 0 Å². The van der Waals surface area contributed by atoms with E-state index in [-0.39, 0.29) is 5.91 Å². The number of H-pyrrole nitrogens is 1. The Balaban J connectivity index is 2.06. The van der Waals surface area contributed by atoms with Gasteiger partial charge in [0.1, 0.15) is 0 Å². The molecule has 14 heavy (non-hydrogen) atoms. The minimum absolute atomic E-state index is 0.103. The van der Waals surface area contributed by atoms with Crippen molar-refractivity contribution in [3.05, 3.63) is 24.0 Å². The van der Waals surface area contributed by atoms with Crippen LogP contribution in [0.4, 0.5) is 0 Å². The Morgan fingerprint density at radius 1 is 1.50 bits per heavy atom. The van der Waals surface area contributed by atoms with Crippen LogP contribution in [0.5, 0.6) is 0 Å². The highest BCUT2D eigenvalue weighted by atomic mass is 16.1. The molecule has 3 N–H and O–H groups in total. The fourth-order valence-electron chi connectivity index (χ4n) is 1.19. The summed E-state index contributed by atoms with van der Waals surface area (Å²) in [5.41, 5.74) is 1.15. The van der Waals surface area contributed by atoms with Crippen LogP contribution in [-0.2, 0) is 11.2 Å². The molecule has 0 unspecified atom stereocenters. The van der Waals surface area contributed by atoms with Crippen molar-refractivity contribution in [2.24, 2.45) is 0 Å². The van der Waals surface area contributed by atoms with Gasteiger partial charge in [0.2, 0.25) is 5.91 Å². The van der Waals surface area contributed by atoms with Gasteiger partial charge in [-0.1, -0.05) is 0 Å². The molecule has 78 valence electrons. The highest BCUT2D eigenvalue weighted by molar-refractivity contribution is 5.76. The molecule has 4 nitrogen and oxygen atoms in total. The van der Waals surface area contributed by atoms with Crippen LogP contribution in [0.1, 0.15) is 12.1 Å². The molecule has 1 aromatic heterocycles. The van der Waals surface area contributed by atoms with E-state index in [4.69, 9.17) is 0 Å². The normalized spacial score (nSPS) is 10.1. The summed E-state index contributed by atoms with van der Waals surface area (Å²) in [6.45, 7) is 1.43. The average Bonchev–Trinajstić information content (AvgIpc) is 2.67. The van der Waals surface area contributed by atoms with E-state index < -0.39 is 0 Å². The van der Waals surface area contributed by atoms with Crippen molar-refractivity contribution in [1.82, 2.24) is 15.6 Å². The third kappa shape index (κ3) is 4.09. The molecule has 4 heteroatoms. The van der Waals surface area contributed by atoms with Crippen LogP contribution in [-0.4, -0.2) is 31.0 Å². The zero-order valence-corrected chi connectivity index (χ0v) is 8.47. The maximum atomic E-state index is 11.2. The molecule has 0 aliphatic rings. The van der Waals surface area contributed by atoms with Crippen molar-refractivity contribution in [1.29, 1.82) is 0 Å². The molecule has 0 aromatic carbocycles. The number of rotatable bonds is 6. The molecule has 0 radical (unpaired) electrons. The highest BCUT2D eigenvalue weighted by Gasteiger charge is 1.99. The SMILES string of the molecule is CNCCC(=O)NCCc1ccc[nH]1. The average molecular weight is 195 g/mol. The lowest BCUT2D eigenvalue weighted by molar-refractivity contribution is -0.120. The van der Waals surface area contributed by atoms with Crippen LogP contribution < -0.4 is 10.6 Å². The fraction of sp³-hybridized carbons (Fsp3) is 0.500. The smallest absolute Gasteiger partial charge is 0.221 e. The second kappa shape index (κ2) is 6.21. The first-order valence-electron chi connectivity index (χ1n) is 4.86. The first kappa shape index (κ1) is 10.8. The molecular formula is C10H17N3O. The molecule has 0 spiro atoms. The van der Waals surface area contributed by atoms with Crippen LogP contribution >= 0.6 is 0 Å². The fourth-order valence-corrected chi connectivity index (χ4v) is 1.19. The maximum Gasteiger partial charge on any atom is 0.221 e. The van der Waals surface area contributed by atoms with Crippen LogP contribution in [0.2, 0.25) is 0 Å². The van der Waals surface area contributed by atoms with Crippen LogP contribution in [0.15, 0.2) is 18.3 Å². The predicted octanol–water partition coefficient (Wildman–Crippen LogP) is 0.283. The van der Waals surface area contributed by atoms with Crippen molar-refractivity contribution >= 4 is 5.91 Å². The molecular weight excluding hydrogens is 178 g/mol. The Bertz CT molecular complexity index is 256. The summed E-state index contributed by atoms with van der Waals surface area (Å²) in [6.07, 6.45) is 3.29. The summed E-state index contributed by atoms with van der Waals surface area (Å²) in [7, 11) is 1.84. The lowest BCUT2D eigenvalue weighted by Gasteiger charge is -2.03. The van der Waals surface area contributed by atoms with Crippen LogP contribution in [0.3, 0.4) is 0 Å². The monoisotopic (exact) mass is 195 g/mol. The molecule has 1 rings (SSSR count). The maximum absolute atomic E-state index is 11.2. The molecule has 0 saturated heterocycles. The van der Waals surface area contributed by atoms with Crippen molar-refractivity contribution in [2.45, 2.75) is 12.8 Å². The quantitative estimate of drug-likeness (QED) is 0.611. The first-order valence-corrected chi connectivity index (χ1v) is 4.86. The lowest BCUT2D eigenvalue weighted by Crippen LogP contribution is -2.28. The number of hydrogen-bond acceptors (Lipinski definition) is 2. The Labute approximate surface area is 84.1 Å². The summed E-state index contributed by atoms with van der Waals surface area (Å²) in [5.74, 6) is 0.103. The van der Waals surface area contributed by atoms with E-state index in [1.807, 2.05) is 25.4 Å². The molecule has 0 atom stereocenters. The summed E-state index contributed by atoms with van der Waals surface area (Å²) in [6, 6.07) is 3.97. The van der Waals surface area contributed by atoms with Gasteiger partial charge >= 0.3 is 0 Å². The van der Waals surface area contributed by atoms with E-state index in [1.165, 1.54) is 0 Å². The molecule has 0 bridgehead atoms. The van der Waals surface area contributed by atoms with Crippen molar-refractivity contribution in [3.63, 3.8) is 0 Å². The van der Waals surface area contributed by atoms with E-state index in [0.717, 1.165) is 18.7 Å². The molecule has 1 heterocycles. The number of aromatic nitrogens is 1. The summed E-state index contributed by atoms with van der Waals surface area (Å²) < 4.78 is 0. The third-order valence-corrected chi connectivity index (χ3v) is 1.98. The number of amides is 1. The third-order valence-electron chi connectivity index (χ3n) is 1.98. The number of hydrogen-bond donors (Lipinski definition) is 3. The second-order valence-electron chi connectivity index (χ2n) is 3.15. The van der Waals surface area contributed by atoms with E-state index in [2.05, 4.69) is 15.6 Å². The zero-order chi connectivity index (χ0) is 10.2. The molecule has 0 aliphatic carbocycles. The van der Waals surface area contributed by atoms with Crippen molar-refractivity contribution in [2.75, 3.05) is 20.1 Å². The minimum atomic E-state index is 0.103. The number of nitrogens with one attached hydrogen (secondary N) is 3. The van der Waals surface area contributed by atoms with Crippen LogP contribution in [0.25, 0.3) is 0 Å². The number of aromatic amines is 1. The van der Waals surface area contributed by atoms with Gasteiger partial charge in [0.05, 0.1) is 0 Å². The molecule has 1 aromatic rings.